The van der Waals surface area contributed by atoms with Crippen LogP contribution in [0.15, 0.2) is 36.4 Å². The van der Waals surface area contributed by atoms with E-state index in [0.29, 0.717) is 36.0 Å². The van der Waals surface area contributed by atoms with E-state index >= 15 is 0 Å². The summed E-state index contributed by atoms with van der Waals surface area (Å²) in [7, 11) is 4.78. The lowest BCUT2D eigenvalue weighted by Crippen LogP contribution is -2.56. The van der Waals surface area contributed by atoms with Crippen LogP contribution in [-0.4, -0.2) is 62.7 Å². The molecule has 1 saturated heterocycles. The fraction of sp³-hybridized carbons (Fsp3) is 0.364. The first kappa shape index (κ1) is 19.9. The molecule has 0 aromatic heterocycles. The van der Waals surface area contributed by atoms with Crippen molar-refractivity contribution in [3.05, 3.63) is 47.5 Å². The number of methoxy groups -OCH3 is 3. The number of hydrogen-bond acceptors (Lipinski definition) is 5. The van der Waals surface area contributed by atoms with Gasteiger partial charge in [0.15, 0.2) is 11.5 Å². The molecule has 0 saturated carbocycles. The maximum atomic E-state index is 12.8. The number of nitrogens with one attached hydrogen (secondary N) is 1. The van der Waals surface area contributed by atoms with Crippen molar-refractivity contribution in [2.75, 3.05) is 46.3 Å². The van der Waals surface area contributed by atoms with Crippen LogP contribution in [0.25, 0.3) is 0 Å². The molecule has 1 unspecified atom stereocenters. The molecule has 8 heteroatoms. The molecular weight excluding hydrogens is 386 g/mol. The van der Waals surface area contributed by atoms with E-state index < -0.39 is 0 Å². The second kappa shape index (κ2) is 8.14. The first-order chi connectivity index (χ1) is 14.5. The molecule has 0 spiro atoms. The third kappa shape index (κ3) is 3.60. The van der Waals surface area contributed by atoms with Gasteiger partial charge >= 0.3 is 6.03 Å². The van der Waals surface area contributed by atoms with Gasteiger partial charge in [-0.15, -0.1) is 0 Å². The minimum atomic E-state index is -0.305. The van der Waals surface area contributed by atoms with Crippen molar-refractivity contribution in [1.29, 1.82) is 0 Å². The van der Waals surface area contributed by atoms with E-state index in [4.69, 9.17) is 14.2 Å². The largest absolute Gasteiger partial charge is 0.497 e. The Bertz CT molecular complexity index is 960. The predicted molar refractivity (Wildman–Crippen MR) is 111 cm³/mol. The number of hydrogen-bond donors (Lipinski definition) is 1. The fourth-order valence-corrected chi connectivity index (χ4v) is 4.08. The summed E-state index contributed by atoms with van der Waals surface area (Å²) >= 11 is 0. The van der Waals surface area contributed by atoms with Gasteiger partial charge in [-0.3, -0.25) is 4.79 Å². The van der Waals surface area contributed by atoms with Crippen LogP contribution < -0.4 is 19.5 Å². The van der Waals surface area contributed by atoms with Crippen LogP contribution in [0.1, 0.15) is 17.2 Å². The van der Waals surface area contributed by atoms with Crippen molar-refractivity contribution in [3.63, 3.8) is 0 Å². The zero-order valence-electron chi connectivity index (χ0n) is 17.3. The maximum Gasteiger partial charge on any atom is 0.322 e. The van der Waals surface area contributed by atoms with Crippen LogP contribution in [0.4, 0.5) is 10.5 Å². The highest BCUT2D eigenvalue weighted by molar-refractivity contribution is 5.93. The Morgan fingerprint density at radius 1 is 1.03 bits per heavy atom. The van der Waals surface area contributed by atoms with Crippen LogP contribution in [-0.2, 0) is 11.2 Å². The molecule has 0 aliphatic carbocycles. The van der Waals surface area contributed by atoms with E-state index in [2.05, 4.69) is 5.32 Å². The number of carbonyl (C=O) groups excluding carboxylic acids is 2. The second-order valence-electron chi connectivity index (χ2n) is 7.30. The fourth-order valence-electron chi connectivity index (χ4n) is 4.08. The normalized spacial score (nSPS) is 17.7. The zero-order chi connectivity index (χ0) is 21.3. The lowest BCUT2D eigenvalue weighted by atomic mass is 9.90. The van der Waals surface area contributed by atoms with Gasteiger partial charge < -0.3 is 29.3 Å². The van der Waals surface area contributed by atoms with Gasteiger partial charge in [0.2, 0.25) is 5.91 Å². The van der Waals surface area contributed by atoms with Crippen molar-refractivity contribution < 1.29 is 23.8 Å². The van der Waals surface area contributed by atoms with Crippen LogP contribution in [0.3, 0.4) is 0 Å². The molecule has 2 aromatic rings. The van der Waals surface area contributed by atoms with E-state index in [-0.39, 0.29) is 24.5 Å². The third-order valence-electron chi connectivity index (χ3n) is 5.67. The lowest BCUT2D eigenvalue weighted by molar-refractivity contribution is -0.139. The summed E-state index contributed by atoms with van der Waals surface area (Å²) in [6.07, 6.45) is 0.746. The number of benzene rings is 2. The smallest absolute Gasteiger partial charge is 0.322 e. The van der Waals surface area contributed by atoms with E-state index in [1.54, 1.807) is 50.5 Å². The van der Waals surface area contributed by atoms with Crippen LogP contribution in [0, 0.1) is 0 Å². The van der Waals surface area contributed by atoms with Gasteiger partial charge in [0.25, 0.3) is 0 Å². The summed E-state index contributed by atoms with van der Waals surface area (Å²) in [4.78, 5) is 29.1. The van der Waals surface area contributed by atoms with Crippen molar-refractivity contribution in [2.45, 2.75) is 12.5 Å². The predicted octanol–water partition coefficient (Wildman–Crippen LogP) is 2.69. The molecular formula is C22H25N3O5. The minimum absolute atomic E-state index is 0.0567. The third-order valence-corrected chi connectivity index (χ3v) is 5.67. The highest BCUT2D eigenvalue weighted by Crippen LogP contribution is 2.39. The lowest BCUT2D eigenvalue weighted by Gasteiger charge is -2.44. The topological polar surface area (TPSA) is 80.3 Å². The van der Waals surface area contributed by atoms with E-state index in [9.17, 15) is 9.59 Å². The number of piperazine rings is 1. The Balaban J connectivity index is 1.56. The number of urea groups is 1. The highest BCUT2D eigenvalue weighted by atomic mass is 16.5. The average Bonchev–Trinajstić information content (AvgIpc) is 2.78. The SMILES string of the molecule is COc1ccc(NC(=O)N2CC(=O)N3CCc4cc(OC)c(OC)cc4C3C2)cc1. The molecule has 8 nitrogen and oxygen atoms in total. The van der Waals surface area contributed by atoms with Gasteiger partial charge in [0.1, 0.15) is 12.3 Å². The first-order valence-corrected chi connectivity index (χ1v) is 9.78. The summed E-state index contributed by atoms with van der Waals surface area (Å²) < 4.78 is 16.0. The number of nitrogens with zero attached hydrogens (tertiary/aromatic N) is 2. The molecule has 2 heterocycles. The standard InChI is InChI=1S/C22H25N3O5/c1-28-16-6-4-15(5-7-16)23-22(27)24-12-18-17-11-20(30-3)19(29-2)10-14(17)8-9-25(18)21(26)13-24/h4-7,10-11,18H,8-9,12-13H2,1-3H3,(H,23,27). The molecule has 1 fully saturated rings. The van der Waals surface area contributed by atoms with E-state index in [0.717, 1.165) is 17.5 Å². The van der Waals surface area contributed by atoms with Gasteiger partial charge in [-0.1, -0.05) is 0 Å². The Kier molecular flexibility index (Phi) is 5.39. The molecule has 1 atom stereocenters. The Hall–Kier alpha value is -3.42. The Morgan fingerprint density at radius 2 is 1.73 bits per heavy atom. The number of fused-ring (bicyclic) bond motifs is 3. The summed E-state index contributed by atoms with van der Waals surface area (Å²) in [5.41, 5.74) is 2.75. The molecule has 0 bridgehead atoms. The highest BCUT2D eigenvalue weighted by Gasteiger charge is 2.39. The minimum Gasteiger partial charge on any atom is -0.497 e. The quantitative estimate of drug-likeness (QED) is 0.837. The molecule has 158 valence electrons. The van der Waals surface area contributed by atoms with E-state index in [1.807, 2.05) is 17.0 Å². The van der Waals surface area contributed by atoms with Gasteiger partial charge in [-0.05, 0) is 53.9 Å². The molecule has 2 aliphatic rings. The molecule has 2 aromatic carbocycles. The van der Waals surface area contributed by atoms with Gasteiger partial charge in [-0.2, -0.15) is 0 Å². The molecule has 2 aliphatic heterocycles. The van der Waals surface area contributed by atoms with Crippen LogP contribution in [0.5, 0.6) is 17.2 Å². The summed E-state index contributed by atoms with van der Waals surface area (Å²) in [5, 5.41) is 2.86. The molecule has 3 amide bonds. The summed E-state index contributed by atoms with van der Waals surface area (Å²) in [6, 6.07) is 10.4. The number of carbonyl (C=O) groups is 2. The van der Waals surface area contributed by atoms with Gasteiger partial charge in [0.05, 0.1) is 27.4 Å². The van der Waals surface area contributed by atoms with Crippen molar-refractivity contribution >= 4 is 17.6 Å². The molecule has 4 rings (SSSR count). The second-order valence-corrected chi connectivity index (χ2v) is 7.30. The first-order valence-electron chi connectivity index (χ1n) is 9.78. The number of rotatable bonds is 4. The van der Waals surface area contributed by atoms with Crippen molar-refractivity contribution in [2.24, 2.45) is 0 Å². The average molecular weight is 411 g/mol. The van der Waals surface area contributed by atoms with Gasteiger partial charge in [0, 0.05) is 18.8 Å². The van der Waals surface area contributed by atoms with Crippen molar-refractivity contribution in [3.8, 4) is 17.2 Å². The number of anilines is 1. The number of amides is 3. The molecule has 0 radical (unpaired) electrons. The molecule has 30 heavy (non-hydrogen) atoms. The Labute approximate surface area is 175 Å². The van der Waals surface area contributed by atoms with Gasteiger partial charge in [-0.25, -0.2) is 4.79 Å². The van der Waals surface area contributed by atoms with Crippen LogP contribution >= 0.6 is 0 Å². The van der Waals surface area contributed by atoms with Crippen LogP contribution in [0.2, 0.25) is 0 Å². The zero-order valence-corrected chi connectivity index (χ0v) is 17.3. The Morgan fingerprint density at radius 3 is 2.40 bits per heavy atom. The number of ether oxygens (including phenoxy) is 3. The molecule has 1 N–H and O–H groups in total. The van der Waals surface area contributed by atoms with E-state index in [1.165, 1.54) is 0 Å². The summed E-state index contributed by atoms with van der Waals surface area (Å²) in [5.74, 6) is 1.93. The summed E-state index contributed by atoms with van der Waals surface area (Å²) in [6.45, 7) is 1.09. The van der Waals surface area contributed by atoms with Crippen molar-refractivity contribution in [1.82, 2.24) is 9.80 Å². The maximum absolute atomic E-state index is 12.8. The monoisotopic (exact) mass is 411 g/mol.